The Balaban J connectivity index is 1.62. The normalized spacial score (nSPS) is 15.6. The highest BCUT2D eigenvalue weighted by Gasteiger charge is 2.20. The fourth-order valence-electron chi connectivity index (χ4n) is 2.40. The van der Waals surface area contributed by atoms with Crippen LogP contribution in [0.15, 0.2) is 60.3 Å². The van der Waals surface area contributed by atoms with E-state index < -0.39 is 9.84 Å². The van der Waals surface area contributed by atoms with Gasteiger partial charge in [0, 0.05) is 17.1 Å². The number of hydrogen-bond donors (Lipinski definition) is 3. The second-order valence-corrected chi connectivity index (χ2v) is 8.08. The Bertz CT molecular complexity index is 886. The van der Waals surface area contributed by atoms with E-state index in [0.717, 1.165) is 22.5 Å². The number of nitrogen functional groups attached to an aromatic ring is 1. The second kappa shape index (κ2) is 6.62. The summed E-state index contributed by atoms with van der Waals surface area (Å²) in [7, 11) is -3.00. The van der Waals surface area contributed by atoms with E-state index in [9.17, 15) is 8.42 Å². The second-order valence-electron chi connectivity index (χ2n) is 5.56. The smallest absolute Gasteiger partial charge is 0.175 e. The molecule has 1 aliphatic heterocycles. The molecule has 7 heteroatoms. The van der Waals surface area contributed by atoms with Crippen LogP contribution in [0, 0.1) is 0 Å². The summed E-state index contributed by atoms with van der Waals surface area (Å²) in [4.78, 5) is 0. The van der Waals surface area contributed by atoms with Crippen molar-refractivity contribution < 1.29 is 8.42 Å². The largest absolute Gasteiger partial charge is 0.399 e. The molecule has 2 aromatic carbocycles. The van der Waals surface area contributed by atoms with Gasteiger partial charge in [-0.25, -0.2) is 8.42 Å². The number of nitrogens with one attached hydrogen (secondary N) is 2. The first-order valence-electron chi connectivity index (χ1n) is 7.35. The predicted octanol–water partition coefficient (Wildman–Crippen LogP) is 2.53. The molecule has 4 N–H and O–H groups in total. The van der Waals surface area contributed by atoms with E-state index in [1.807, 2.05) is 48.5 Å². The van der Waals surface area contributed by atoms with E-state index >= 15 is 0 Å². The first-order chi connectivity index (χ1) is 11.4. The van der Waals surface area contributed by atoms with Gasteiger partial charge in [-0.15, -0.1) is 0 Å². The van der Waals surface area contributed by atoms with Gasteiger partial charge in [-0.1, -0.05) is 24.3 Å². The van der Waals surface area contributed by atoms with Crippen molar-refractivity contribution in [1.29, 1.82) is 0 Å². The minimum Gasteiger partial charge on any atom is -0.399 e. The molecule has 0 fully saturated rings. The number of anilines is 2. The molecule has 0 amide bonds. The van der Waals surface area contributed by atoms with Crippen molar-refractivity contribution in [2.45, 2.75) is 0 Å². The first kappa shape index (κ1) is 16.5. The highest BCUT2D eigenvalue weighted by Crippen LogP contribution is 2.22. The number of rotatable bonds is 3. The minimum absolute atomic E-state index is 0.00486. The molecule has 1 aliphatic rings. The van der Waals surface area contributed by atoms with Gasteiger partial charge in [0.05, 0.1) is 11.5 Å². The van der Waals surface area contributed by atoms with Crippen molar-refractivity contribution in [1.82, 2.24) is 5.32 Å². The Labute approximate surface area is 146 Å². The Morgan fingerprint density at radius 3 is 2.08 bits per heavy atom. The number of hydrogen-bond acceptors (Lipinski definition) is 4. The van der Waals surface area contributed by atoms with Gasteiger partial charge in [0.2, 0.25) is 0 Å². The zero-order valence-electron chi connectivity index (χ0n) is 12.8. The predicted molar refractivity (Wildman–Crippen MR) is 102 cm³/mol. The van der Waals surface area contributed by atoms with E-state index in [0.29, 0.717) is 10.8 Å². The van der Waals surface area contributed by atoms with Gasteiger partial charge >= 0.3 is 0 Å². The SMILES string of the molecule is Nc1ccc(-c2ccc(NC(=S)NC3=CCS(=O)(=O)C3)cc2)cc1. The highest BCUT2D eigenvalue weighted by molar-refractivity contribution is 7.92. The van der Waals surface area contributed by atoms with Crippen LogP contribution in [0.5, 0.6) is 0 Å². The zero-order chi connectivity index (χ0) is 17.2. The average Bonchev–Trinajstić information content (AvgIpc) is 2.87. The Morgan fingerprint density at radius 2 is 1.54 bits per heavy atom. The third kappa shape index (κ3) is 4.12. The van der Waals surface area contributed by atoms with Crippen LogP contribution in [-0.4, -0.2) is 25.0 Å². The maximum atomic E-state index is 11.4. The van der Waals surface area contributed by atoms with E-state index in [1.165, 1.54) is 0 Å². The molecule has 1 heterocycles. The van der Waals surface area contributed by atoms with Gasteiger partial charge in [0.1, 0.15) is 0 Å². The lowest BCUT2D eigenvalue weighted by atomic mass is 10.1. The summed E-state index contributed by atoms with van der Waals surface area (Å²) < 4.78 is 22.8. The van der Waals surface area contributed by atoms with Crippen LogP contribution in [0.2, 0.25) is 0 Å². The Kier molecular flexibility index (Phi) is 4.55. The van der Waals surface area contributed by atoms with Crippen molar-refractivity contribution in [3.05, 3.63) is 60.3 Å². The van der Waals surface area contributed by atoms with Crippen LogP contribution in [0.25, 0.3) is 11.1 Å². The highest BCUT2D eigenvalue weighted by atomic mass is 32.2. The third-order valence-corrected chi connectivity index (χ3v) is 5.25. The Hall–Kier alpha value is -2.38. The molecular formula is C17H17N3O2S2. The molecule has 24 heavy (non-hydrogen) atoms. The molecule has 0 aromatic heterocycles. The summed E-state index contributed by atoms with van der Waals surface area (Å²) in [5.74, 6) is 0.0686. The topological polar surface area (TPSA) is 84.2 Å². The van der Waals surface area contributed by atoms with Gasteiger partial charge in [0.25, 0.3) is 0 Å². The number of nitrogens with two attached hydrogens (primary N) is 1. The summed E-state index contributed by atoms with van der Waals surface area (Å²) in [6.07, 6.45) is 1.65. The van der Waals surface area contributed by atoms with Crippen molar-refractivity contribution in [2.24, 2.45) is 0 Å². The number of thiocarbonyl (C=S) groups is 1. The standard InChI is InChI=1S/C17H17N3O2S2/c18-14-5-1-12(2-6-14)13-3-7-15(8-4-13)19-17(23)20-16-9-10-24(21,22)11-16/h1-9H,10-11,18H2,(H2,19,20,23). The summed E-state index contributed by atoms with van der Waals surface area (Å²) in [5, 5.41) is 6.35. The molecular weight excluding hydrogens is 342 g/mol. The number of sulfone groups is 1. The minimum atomic E-state index is -3.00. The van der Waals surface area contributed by atoms with Crippen molar-refractivity contribution in [3.8, 4) is 11.1 Å². The van der Waals surface area contributed by atoms with Crippen LogP contribution >= 0.6 is 12.2 Å². The summed E-state index contributed by atoms with van der Waals surface area (Å²) in [5.41, 5.74) is 10.0. The summed E-state index contributed by atoms with van der Waals surface area (Å²) >= 11 is 5.22. The number of benzene rings is 2. The molecule has 0 saturated carbocycles. The van der Waals surface area contributed by atoms with Crippen LogP contribution < -0.4 is 16.4 Å². The van der Waals surface area contributed by atoms with Crippen LogP contribution in [0.4, 0.5) is 11.4 Å². The molecule has 124 valence electrons. The molecule has 0 atom stereocenters. The van der Waals surface area contributed by atoms with Crippen LogP contribution in [0.3, 0.4) is 0 Å². The molecule has 5 nitrogen and oxygen atoms in total. The molecule has 0 spiro atoms. The molecule has 0 saturated heterocycles. The maximum Gasteiger partial charge on any atom is 0.175 e. The average molecular weight is 359 g/mol. The molecule has 0 radical (unpaired) electrons. The summed E-state index contributed by atoms with van der Waals surface area (Å²) in [6.45, 7) is 0. The maximum absolute atomic E-state index is 11.4. The van der Waals surface area contributed by atoms with E-state index in [4.69, 9.17) is 18.0 Å². The third-order valence-electron chi connectivity index (χ3n) is 3.62. The van der Waals surface area contributed by atoms with Crippen molar-refractivity contribution >= 4 is 38.5 Å². The van der Waals surface area contributed by atoms with Crippen molar-refractivity contribution in [2.75, 3.05) is 22.6 Å². The lowest BCUT2D eigenvalue weighted by molar-refractivity contribution is 0.603. The van der Waals surface area contributed by atoms with E-state index in [1.54, 1.807) is 6.08 Å². The first-order valence-corrected chi connectivity index (χ1v) is 9.58. The fourth-order valence-corrected chi connectivity index (χ4v) is 3.88. The van der Waals surface area contributed by atoms with Gasteiger partial charge in [-0.3, -0.25) is 0 Å². The fraction of sp³-hybridized carbons (Fsp3) is 0.118. The monoisotopic (exact) mass is 359 g/mol. The van der Waals surface area contributed by atoms with Crippen LogP contribution in [0.1, 0.15) is 0 Å². The van der Waals surface area contributed by atoms with Crippen LogP contribution in [-0.2, 0) is 9.84 Å². The van der Waals surface area contributed by atoms with Crippen molar-refractivity contribution in [3.63, 3.8) is 0 Å². The lowest BCUT2D eigenvalue weighted by Crippen LogP contribution is -2.29. The van der Waals surface area contributed by atoms with Gasteiger partial charge in [-0.2, -0.15) is 0 Å². The quantitative estimate of drug-likeness (QED) is 0.577. The van der Waals surface area contributed by atoms with Gasteiger partial charge in [0.15, 0.2) is 14.9 Å². The zero-order valence-corrected chi connectivity index (χ0v) is 14.5. The van der Waals surface area contributed by atoms with E-state index in [-0.39, 0.29) is 11.5 Å². The molecule has 0 aliphatic carbocycles. The molecule has 0 unspecified atom stereocenters. The summed E-state index contributed by atoms with van der Waals surface area (Å²) in [6, 6.07) is 15.5. The van der Waals surface area contributed by atoms with Gasteiger partial charge in [-0.05, 0) is 53.7 Å². The Morgan fingerprint density at radius 1 is 0.958 bits per heavy atom. The van der Waals surface area contributed by atoms with E-state index in [2.05, 4.69) is 10.6 Å². The lowest BCUT2D eigenvalue weighted by Gasteiger charge is -2.11. The van der Waals surface area contributed by atoms with Gasteiger partial charge < -0.3 is 16.4 Å². The molecule has 2 aromatic rings. The molecule has 0 bridgehead atoms. The molecule has 3 rings (SSSR count).